The summed E-state index contributed by atoms with van der Waals surface area (Å²) in [5.41, 5.74) is 0. The Morgan fingerprint density at radius 1 is 0.917 bits per heavy atom. The lowest BCUT2D eigenvalue weighted by atomic mass is 9.68. The molecule has 0 spiro atoms. The van der Waals surface area contributed by atoms with Crippen molar-refractivity contribution in [3.05, 3.63) is 0 Å². The summed E-state index contributed by atoms with van der Waals surface area (Å²) >= 11 is 0. The van der Waals surface area contributed by atoms with E-state index in [2.05, 4.69) is 0 Å². The maximum Gasteiger partial charge on any atom is 0.165 e. The van der Waals surface area contributed by atoms with Crippen molar-refractivity contribution in [2.24, 2.45) is 11.8 Å². The number of hydrogen-bond donors (Lipinski definition) is 2. The van der Waals surface area contributed by atoms with E-state index in [0.717, 1.165) is 12.8 Å². The Balaban J connectivity index is 2.09. The highest BCUT2D eigenvalue weighted by Crippen LogP contribution is 2.44. The molecule has 0 saturated heterocycles. The lowest BCUT2D eigenvalue weighted by Gasteiger charge is -2.43. The molecule has 2 rings (SSSR count). The van der Waals surface area contributed by atoms with Crippen LogP contribution >= 0.6 is 0 Å². The Morgan fingerprint density at radius 3 is 2.33 bits per heavy atom. The first-order chi connectivity index (χ1) is 5.70. The highest BCUT2D eigenvalue weighted by Gasteiger charge is 2.43. The minimum Gasteiger partial charge on any atom is -0.365 e. The van der Waals surface area contributed by atoms with E-state index in [0.29, 0.717) is 12.3 Å². The van der Waals surface area contributed by atoms with Crippen LogP contribution in [0.15, 0.2) is 0 Å². The molecule has 70 valence electrons. The number of hydrogen-bond acceptors (Lipinski definition) is 2. The first-order valence-corrected chi connectivity index (χ1v) is 5.15. The molecular formula is C10H18O2. The standard InChI is InChI=1S/C10H18O2/c11-10(12)7-3-5-8-4-1-2-6-9(8)10/h8-9,11-12H,1-7H2/t8-,9-/m1/s1. The van der Waals surface area contributed by atoms with Gasteiger partial charge in [-0.15, -0.1) is 0 Å². The van der Waals surface area contributed by atoms with E-state index < -0.39 is 5.79 Å². The third kappa shape index (κ3) is 1.38. The van der Waals surface area contributed by atoms with Crippen molar-refractivity contribution in [3.8, 4) is 0 Å². The van der Waals surface area contributed by atoms with Gasteiger partial charge in [-0.05, 0) is 31.6 Å². The van der Waals surface area contributed by atoms with E-state index in [1.807, 2.05) is 0 Å². The fraction of sp³-hybridized carbons (Fsp3) is 1.00. The van der Waals surface area contributed by atoms with Gasteiger partial charge in [0.15, 0.2) is 5.79 Å². The van der Waals surface area contributed by atoms with E-state index in [1.54, 1.807) is 0 Å². The molecule has 12 heavy (non-hydrogen) atoms. The lowest BCUT2D eigenvalue weighted by molar-refractivity contribution is -0.236. The van der Waals surface area contributed by atoms with E-state index >= 15 is 0 Å². The minimum atomic E-state index is -1.33. The molecule has 2 aliphatic carbocycles. The van der Waals surface area contributed by atoms with Gasteiger partial charge in [-0.25, -0.2) is 0 Å². The highest BCUT2D eigenvalue weighted by molar-refractivity contribution is 4.88. The zero-order chi connectivity index (χ0) is 8.60. The Morgan fingerprint density at radius 2 is 1.58 bits per heavy atom. The zero-order valence-corrected chi connectivity index (χ0v) is 7.50. The summed E-state index contributed by atoms with van der Waals surface area (Å²) in [7, 11) is 0. The Hall–Kier alpha value is -0.0800. The van der Waals surface area contributed by atoms with Crippen LogP contribution < -0.4 is 0 Å². The second-order valence-corrected chi connectivity index (χ2v) is 4.42. The molecule has 0 aromatic heterocycles. The van der Waals surface area contributed by atoms with E-state index in [4.69, 9.17) is 0 Å². The van der Waals surface area contributed by atoms with Crippen molar-refractivity contribution >= 4 is 0 Å². The molecule has 2 nitrogen and oxygen atoms in total. The molecular weight excluding hydrogens is 152 g/mol. The molecule has 2 saturated carbocycles. The van der Waals surface area contributed by atoms with Crippen LogP contribution in [0.4, 0.5) is 0 Å². The average Bonchev–Trinajstić information content (AvgIpc) is 2.04. The van der Waals surface area contributed by atoms with Crippen molar-refractivity contribution in [1.82, 2.24) is 0 Å². The molecule has 0 unspecified atom stereocenters. The third-order valence-electron chi connectivity index (χ3n) is 3.62. The fourth-order valence-electron chi connectivity index (χ4n) is 2.97. The van der Waals surface area contributed by atoms with Crippen molar-refractivity contribution < 1.29 is 10.2 Å². The van der Waals surface area contributed by atoms with Crippen LogP contribution in [0.5, 0.6) is 0 Å². The molecule has 0 heterocycles. The minimum absolute atomic E-state index is 0.181. The summed E-state index contributed by atoms with van der Waals surface area (Å²) in [5.74, 6) is -0.550. The molecule has 0 aromatic rings. The second kappa shape index (κ2) is 3.00. The maximum absolute atomic E-state index is 9.73. The Labute approximate surface area is 73.6 Å². The van der Waals surface area contributed by atoms with Gasteiger partial charge in [-0.2, -0.15) is 0 Å². The largest absolute Gasteiger partial charge is 0.365 e. The van der Waals surface area contributed by atoms with Crippen LogP contribution in [0.2, 0.25) is 0 Å². The molecule has 0 radical (unpaired) electrons. The van der Waals surface area contributed by atoms with E-state index in [1.165, 1.54) is 25.7 Å². The quantitative estimate of drug-likeness (QED) is 0.543. The number of fused-ring (bicyclic) bond motifs is 1. The van der Waals surface area contributed by atoms with Gasteiger partial charge in [-0.3, -0.25) is 0 Å². The molecule has 2 fully saturated rings. The van der Waals surface area contributed by atoms with Crippen LogP contribution in [0.3, 0.4) is 0 Å². The first-order valence-electron chi connectivity index (χ1n) is 5.15. The summed E-state index contributed by atoms with van der Waals surface area (Å²) in [4.78, 5) is 0. The summed E-state index contributed by atoms with van der Waals surface area (Å²) in [5, 5.41) is 19.5. The molecule has 0 bridgehead atoms. The zero-order valence-electron chi connectivity index (χ0n) is 7.50. The average molecular weight is 170 g/mol. The Kier molecular flexibility index (Phi) is 2.13. The molecule has 2 N–H and O–H groups in total. The van der Waals surface area contributed by atoms with Crippen LogP contribution in [-0.4, -0.2) is 16.0 Å². The van der Waals surface area contributed by atoms with Crippen LogP contribution in [0, 0.1) is 11.8 Å². The summed E-state index contributed by atoms with van der Waals surface area (Å²) < 4.78 is 0. The third-order valence-corrected chi connectivity index (χ3v) is 3.62. The topological polar surface area (TPSA) is 40.5 Å². The SMILES string of the molecule is OC1(O)CCC[C@H]2CCCC[C@H]21. The van der Waals surface area contributed by atoms with E-state index in [9.17, 15) is 10.2 Å². The first kappa shape index (κ1) is 8.52. The summed E-state index contributed by atoms with van der Waals surface area (Å²) in [6.07, 6.45) is 7.52. The van der Waals surface area contributed by atoms with Gasteiger partial charge in [0, 0.05) is 12.3 Å². The van der Waals surface area contributed by atoms with Crippen molar-refractivity contribution in [1.29, 1.82) is 0 Å². The van der Waals surface area contributed by atoms with Gasteiger partial charge in [0.1, 0.15) is 0 Å². The molecule has 0 aromatic carbocycles. The Bertz CT molecular complexity index is 163. The predicted molar refractivity (Wildman–Crippen MR) is 46.5 cm³/mol. The van der Waals surface area contributed by atoms with Gasteiger partial charge in [0.25, 0.3) is 0 Å². The lowest BCUT2D eigenvalue weighted by Crippen LogP contribution is -2.46. The molecule has 2 aliphatic rings. The van der Waals surface area contributed by atoms with Crippen LogP contribution in [-0.2, 0) is 0 Å². The highest BCUT2D eigenvalue weighted by atomic mass is 16.5. The smallest absolute Gasteiger partial charge is 0.165 e. The molecule has 2 heteroatoms. The monoisotopic (exact) mass is 170 g/mol. The number of aliphatic hydroxyl groups is 2. The number of rotatable bonds is 0. The van der Waals surface area contributed by atoms with Crippen molar-refractivity contribution in [3.63, 3.8) is 0 Å². The van der Waals surface area contributed by atoms with Gasteiger partial charge < -0.3 is 10.2 Å². The summed E-state index contributed by atoms with van der Waals surface area (Å²) in [6, 6.07) is 0. The van der Waals surface area contributed by atoms with E-state index in [-0.39, 0.29) is 5.92 Å². The van der Waals surface area contributed by atoms with Gasteiger partial charge >= 0.3 is 0 Å². The van der Waals surface area contributed by atoms with Gasteiger partial charge in [0.2, 0.25) is 0 Å². The van der Waals surface area contributed by atoms with Gasteiger partial charge in [0.05, 0.1) is 0 Å². The van der Waals surface area contributed by atoms with Crippen molar-refractivity contribution in [2.75, 3.05) is 0 Å². The second-order valence-electron chi connectivity index (χ2n) is 4.42. The van der Waals surface area contributed by atoms with Gasteiger partial charge in [-0.1, -0.05) is 12.8 Å². The summed E-state index contributed by atoms with van der Waals surface area (Å²) in [6.45, 7) is 0. The molecule has 2 atom stereocenters. The normalized spacial score (nSPS) is 40.5. The molecule has 0 amide bonds. The maximum atomic E-state index is 9.73. The molecule has 0 aliphatic heterocycles. The van der Waals surface area contributed by atoms with Crippen LogP contribution in [0.25, 0.3) is 0 Å². The fourth-order valence-corrected chi connectivity index (χ4v) is 2.97. The van der Waals surface area contributed by atoms with Crippen LogP contribution in [0.1, 0.15) is 44.9 Å². The van der Waals surface area contributed by atoms with Crippen molar-refractivity contribution in [2.45, 2.75) is 50.7 Å². The predicted octanol–water partition coefficient (Wildman–Crippen LogP) is 1.66.